The van der Waals surface area contributed by atoms with Gasteiger partial charge in [-0.1, -0.05) is 6.07 Å². The third-order valence-electron chi connectivity index (χ3n) is 7.19. The molecule has 8 nitrogen and oxygen atoms in total. The molecule has 0 saturated carbocycles. The van der Waals surface area contributed by atoms with Crippen molar-refractivity contribution in [3.63, 3.8) is 0 Å². The number of nitrogens with zero attached hydrogens (tertiary/aromatic N) is 2. The van der Waals surface area contributed by atoms with Gasteiger partial charge >= 0.3 is 6.18 Å². The number of nitrogens with two attached hydrogens (primary N) is 1. The van der Waals surface area contributed by atoms with Gasteiger partial charge in [-0.05, 0) is 57.0 Å². The molecule has 220 valence electrons. The summed E-state index contributed by atoms with van der Waals surface area (Å²) in [6.45, 7) is 4.79. The van der Waals surface area contributed by atoms with Crippen LogP contribution in [0.25, 0.3) is 11.3 Å². The van der Waals surface area contributed by atoms with Crippen LogP contribution < -0.4 is 21.1 Å². The van der Waals surface area contributed by atoms with Crippen molar-refractivity contribution in [3.8, 4) is 17.1 Å². The van der Waals surface area contributed by atoms with E-state index in [0.29, 0.717) is 24.3 Å². The molecule has 1 aliphatic heterocycles. The van der Waals surface area contributed by atoms with Crippen molar-refractivity contribution in [3.05, 3.63) is 64.0 Å². The lowest BCUT2D eigenvalue weighted by Gasteiger charge is -2.41. The number of halogens is 5. The van der Waals surface area contributed by atoms with E-state index in [9.17, 15) is 27.5 Å². The van der Waals surface area contributed by atoms with Crippen LogP contribution in [-0.4, -0.2) is 39.5 Å². The Balaban J connectivity index is 1.90. The highest BCUT2D eigenvalue weighted by molar-refractivity contribution is 5.90. The number of hydrogen-bond acceptors (Lipinski definition) is 8. The Hall–Kier alpha value is -3.84. The highest BCUT2D eigenvalue weighted by Crippen LogP contribution is 2.44. The van der Waals surface area contributed by atoms with Crippen LogP contribution in [0.5, 0.6) is 5.88 Å². The summed E-state index contributed by atoms with van der Waals surface area (Å²) in [4.78, 5) is 20.3. The van der Waals surface area contributed by atoms with Crippen molar-refractivity contribution in [2.45, 2.75) is 64.6 Å². The summed E-state index contributed by atoms with van der Waals surface area (Å²) in [5, 5.41) is 15.6. The number of benzene rings is 1. The Morgan fingerprint density at radius 1 is 1.32 bits per heavy atom. The summed E-state index contributed by atoms with van der Waals surface area (Å²) in [5.41, 5.74) is 0.718. The molecule has 3 heterocycles. The van der Waals surface area contributed by atoms with E-state index >= 15 is 4.39 Å². The zero-order valence-corrected chi connectivity index (χ0v) is 22.6. The van der Waals surface area contributed by atoms with Gasteiger partial charge in [0.25, 0.3) is 0 Å². The van der Waals surface area contributed by atoms with Gasteiger partial charge in [-0.2, -0.15) is 13.2 Å². The van der Waals surface area contributed by atoms with E-state index in [1.807, 2.05) is 6.92 Å². The van der Waals surface area contributed by atoms with Gasteiger partial charge in [-0.3, -0.25) is 9.78 Å². The van der Waals surface area contributed by atoms with E-state index in [1.54, 1.807) is 19.1 Å². The van der Waals surface area contributed by atoms with E-state index in [2.05, 4.69) is 20.6 Å². The molecule has 4 rings (SSSR count). The average Bonchev–Trinajstić information content (AvgIpc) is 2.89. The summed E-state index contributed by atoms with van der Waals surface area (Å²) < 4.78 is 79.1. The maximum Gasteiger partial charge on any atom is 0.417 e. The Morgan fingerprint density at radius 2 is 2.02 bits per heavy atom. The number of carbonyl (C=O) groups excluding carboxylic acids is 1. The van der Waals surface area contributed by atoms with Crippen LogP contribution in [0, 0.1) is 18.6 Å². The molecule has 2 atom stereocenters. The first-order valence-corrected chi connectivity index (χ1v) is 12.8. The minimum absolute atomic E-state index is 0.154. The third kappa shape index (κ3) is 6.10. The first-order chi connectivity index (χ1) is 19.3. The van der Waals surface area contributed by atoms with Crippen LogP contribution in [0.1, 0.15) is 59.4 Å². The second kappa shape index (κ2) is 11.6. The van der Waals surface area contributed by atoms with E-state index < -0.39 is 70.2 Å². The lowest BCUT2D eigenvalue weighted by Crippen LogP contribution is -2.56. The number of pyridine rings is 2. The van der Waals surface area contributed by atoms with Gasteiger partial charge in [0, 0.05) is 30.3 Å². The van der Waals surface area contributed by atoms with E-state index in [-0.39, 0.29) is 23.3 Å². The van der Waals surface area contributed by atoms with E-state index in [4.69, 9.17) is 10.5 Å². The number of carbonyl (C=O) groups is 1. The number of rotatable bonds is 10. The van der Waals surface area contributed by atoms with Crippen molar-refractivity contribution < 1.29 is 36.6 Å². The average molecular weight is 580 g/mol. The number of ether oxygens (including phenoxy) is 1. The van der Waals surface area contributed by atoms with Gasteiger partial charge in [0.1, 0.15) is 17.1 Å². The lowest BCUT2D eigenvalue weighted by atomic mass is 9.85. The monoisotopic (exact) mass is 579 g/mol. The normalized spacial score (nSPS) is 17.6. The molecule has 5 N–H and O–H groups in total. The third-order valence-corrected chi connectivity index (χ3v) is 7.19. The topological polar surface area (TPSA) is 122 Å². The van der Waals surface area contributed by atoms with Crippen molar-refractivity contribution in [1.82, 2.24) is 15.3 Å². The SMILES string of the molecule is Cc1c(F)c(N)cc(-c2nc(OC(C)CC3(C)CCN3)c(C=O)c(NCc3cccnc3CO)c2F)c1C(F)(F)F. The van der Waals surface area contributed by atoms with Crippen LogP contribution in [0.2, 0.25) is 0 Å². The molecule has 0 bridgehead atoms. The second-order valence-electron chi connectivity index (χ2n) is 10.3. The summed E-state index contributed by atoms with van der Waals surface area (Å²) in [6.07, 6.45) is -2.61. The predicted octanol–water partition coefficient (Wildman–Crippen LogP) is 5.16. The molecule has 2 aromatic heterocycles. The fourth-order valence-corrected chi connectivity index (χ4v) is 5.03. The number of hydrogen-bond donors (Lipinski definition) is 4. The molecule has 0 spiro atoms. The first kappa shape index (κ1) is 30.1. The van der Waals surface area contributed by atoms with Crippen molar-refractivity contribution in [1.29, 1.82) is 0 Å². The summed E-state index contributed by atoms with van der Waals surface area (Å²) in [5.74, 6) is -2.99. The highest BCUT2D eigenvalue weighted by Gasteiger charge is 2.39. The maximum absolute atomic E-state index is 16.2. The van der Waals surface area contributed by atoms with Gasteiger partial charge in [-0.25, -0.2) is 13.8 Å². The molecule has 13 heteroatoms. The summed E-state index contributed by atoms with van der Waals surface area (Å²) in [7, 11) is 0. The zero-order valence-electron chi connectivity index (χ0n) is 22.6. The molecule has 1 aromatic carbocycles. The van der Waals surface area contributed by atoms with Crippen LogP contribution in [0.3, 0.4) is 0 Å². The Labute approximate surface area is 233 Å². The number of alkyl halides is 3. The summed E-state index contributed by atoms with van der Waals surface area (Å²) >= 11 is 0. The zero-order chi connectivity index (χ0) is 30.1. The Morgan fingerprint density at radius 3 is 2.61 bits per heavy atom. The minimum atomic E-state index is -5.09. The number of anilines is 2. The van der Waals surface area contributed by atoms with E-state index in [1.165, 1.54) is 6.20 Å². The van der Waals surface area contributed by atoms with Crippen LogP contribution in [0.4, 0.5) is 33.3 Å². The fourth-order valence-electron chi connectivity index (χ4n) is 5.03. The number of aliphatic hydroxyl groups excluding tert-OH is 1. The smallest absolute Gasteiger partial charge is 0.417 e. The Bertz CT molecular complexity index is 1460. The molecular weight excluding hydrogens is 549 g/mol. The fraction of sp³-hybridized carbons (Fsp3) is 0.393. The van der Waals surface area contributed by atoms with Gasteiger partial charge in [-0.15, -0.1) is 0 Å². The number of nitrogens with one attached hydrogen (secondary N) is 2. The van der Waals surface area contributed by atoms with E-state index in [0.717, 1.165) is 19.9 Å². The molecule has 3 aromatic rings. The van der Waals surface area contributed by atoms with Gasteiger partial charge < -0.3 is 26.2 Å². The second-order valence-corrected chi connectivity index (χ2v) is 10.3. The molecule has 41 heavy (non-hydrogen) atoms. The number of aliphatic hydroxyl groups is 1. The van der Waals surface area contributed by atoms with Crippen LogP contribution in [-0.2, 0) is 19.3 Å². The van der Waals surface area contributed by atoms with Gasteiger partial charge in [0.05, 0.1) is 35.3 Å². The molecule has 0 aliphatic carbocycles. The molecule has 0 radical (unpaired) electrons. The van der Waals surface area contributed by atoms with Gasteiger partial charge in [0.15, 0.2) is 12.1 Å². The first-order valence-electron chi connectivity index (χ1n) is 12.8. The highest BCUT2D eigenvalue weighted by atomic mass is 19.4. The van der Waals surface area contributed by atoms with Crippen LogP contribution >= 0.6 is 0 Å². The number of aromatic nitrogens is 2. The lowest BCUT2D eigenvalue weighted by molar-refractivity contribution is -0.137. The molecule has 2 unspecified atom stereocenters. The minimum Gasteiger partial charge on any atom is -0.474 e. The number of nitrogen functional groups attached to an aromatic ring is 1. The van der Waals surface area contributed by atoms with Crippen molar-refractivity contribution >= 4 is 17.7 Å². The van der Waals surface area contributed by atoms with Gasteiger partial charge in [0.2, 0.25) is 5.88 Å². The maximum atomic E-state index is 16.2. The molecule has 0 amide bonds. The molecule has 1 aliphatic rings. The largest absolute Gasteiger partial charge is 0.474 e. The van der Waals surface area contributed by atoms with Crippen LogP contribution in [0.15, 0.2) is 24.4 Å². The predicted molar refractivity (Wildman–Crippen MR) is 142 cm³/mol. The number of aldehydes is 1. The molecular formula is C28H30F5N5O3. The summed E-state index contributed by atoms with van der Waals surface area (Å²) in [6, 6.07) is 3.85. The quantitative estimate of drug-likeness (QED) is 0.148. The Kier molecular flexibility index (Phi) is 8.50. The van der Waals surface area contributed by atoms with Crippen molar-refractivity contribution in [2.24, 2.45) is 0 Å². The molecule has 1 saturated heterocycles. The molecule has 1 fully saturated rings. The standard InChI is InChI=1S/C28H30F5N5O3/c1-14(10-27(3)6-8-37-27)41-26-18(12-39)24(36-11-16-5-4-7-35-20(16)13-40)23(30)25(38-26)17-9-19(34)22(29)15(2)21(17)28(31,32)33/h4-5,7,9,12,14,37,40H,6,8,10-11,13,34H2,1-3H3,(H,36,38). The van der Waals surface area contributed by atoms with Crippen molar-refractivity contribution in [2.75, 3.05) is 17.6 Å².